The van der Waals surface area contributed by atoms with Gasteiger partial charge >= 0.3 is 0 Å². The van der Waals surface area contributed by atoms with E-state index < -0.39 is 0 Å². The van der Waals surface area contributed by atoms with Crippen molar-refractivity contribution in [3.8, 4) is 0 Å². The van der Waals surface area contributed by atoms with Crippen LogP contribution in [-0.4, -0.2) is 51.1 Å². The zero-order valence-electron chi connectivity index (χ0n) is 16.7. The van der Waals surface area contributed by atoms with E-state index in [2.05, 4.69) is 105 Å². The van der Waals surface area contributed by atoms with Crippen LogP contribution in [0.1, 0.15) is 22.3 Å². The van der Waals surface area contributed by atoms with Crippen LogP contribution >= 0.6 is 0 Å². The smallest absolute Gasteiger partial charge is 0.00157 e. The van der Waals surface area contributed by atoms with Gasteiger partial charge in [0.2, 0.25) is 0 Å². The van der Waals surface area contributed by atoms with Crippen molar-refractivity contribution in [3.63, 3.8) is 0 Å². The van der Waals surface area contributed by atoms with E-state index in [0.717, 1.165) is 31.5 Å². The standard InChI is InChI=1S/C24H32N2/c1-20(24-14-12-23(13-15-24)17-19-26(4)5)6-7-21-8-10-22(11-9-21)16-18-25(2)3/h6-15H,1,16-19H2,2-5H3. The van der Waals surface area contributed by atoms with Gasteiger partial charge in [-0.3, -0.25) is 0 Å². The van der Waals surface area contributed by atoms with Gasteiger partial charge in [-0.05, 0) is 68.9 Å². The second-order valence-electron chi connectivity index (χ2n) is 7.40. The third-order valence-corrected chi connectivity index (χ3v) is 4.48. The van der Waals surface area contributed by atoms with Gasteiger partial charge in [-0.25, -0.2) is 0 Å². The van der Waals surface area contributed by atoms with Crippen molar-refractivity contribution >= 4 is 11.6 Å². The van der Waals surface area contributed by atoms with Crippen molar-refractivity contribution in [1.29, 1.82) is 0 Å². The number of hydrogen-bond donors (Lipinski definition) is 0. The predicted molar refractivity (Wildman–Crippen MR) is 115 cm³/mol. The molecule has 0 N–H and O–H groups in total. The maximum atomic E-state index is 4.21. The van der Waals surface area contributed by atoms with Crippen molar-refractivity contribution < 1.29 is 0 Å². The summed E-state index contributed by atoms with van der Waals surface area (Å²) in [5, 5.41) is 0. The highest BCUT2D eigenvalue weighted by Gasteiger charge is 1.99. The Morgan fingerprint density at radius 2 is 1.23 bits per heavy atom. The summed E-state index contributed by atoms with van der Waals surface area (Å²) in [6, 6.07) is 17.5. The van der Waals surface area contributed by atoms with Crippen LogP contribution in [-0.2, 0) is 12.8 Å². The molecule has 0 aromatic heterocycles. The maximum absolute atomic E-state index is 4.21. The molecule has 2 rings (SSSR count). The van der Waals surface area contributed by atoms with Gasteiger partial charge < -0.3 is 9.80 Å². The molecule has 26 heavy (non-hydrogen) atoms. The number of hydrogen-bond acceptors (Lipinski definition) is 2. The summed E-state index contributed by atoms with van der Waals surface area (Å²) < 4.78 is 0. The number of likely N-dealkylation sites (N-methyl/N-ethyl adjacent to an activating group) is 2. The fourth-order valence-electron chi connectivity index (χ4n) is 2.68. The molecule has 0 amide bonds. The van der Waals surface area contributed by atoms with E-state index in [1.165, 1.54) is 22.3 Å². The van der Waals surface area contributed by atoms with E-state index >= 15 is 0 Å². The van der Waals surface area contributed by atoms with Crippen LogP contribution < -0.4 is 0 Å². The molecule has 2 nitrogen and oxygen atoms in total. The first kappa shape index (κ1) is 20.2. The normalized spacial score (nSPS) is 11.6. The summed E-state index contributed by atoms with van der Waals surface area (Å²) in [6.07, 6.45) is 6.40. The first-order valence-corrected chi connectivity index (χ1v) is 9.29. The van der Waals surface area contributed by atoms with Crippen LogP contribution in [0.2, 0.25) is 0 Å². The lowest BCUT2D eigenvalue weighted by atomic mass is 10.0. The Hall–Kier alpha value is -2.16. The molecule has 0 fully saturated rings. The lowest BCUT2D eigenvalue weighted by molar-refractivity contribution is 0.413. The summed E-state index contributed by atoms with van der Waals surface area (Å²) in [7, 11) is 8.43. The SMILES string of the molecule is C=C(C=Cc1ccc(CCN(C)C)cc1)c1ccc(CCN(C)C)cc1. The fraction of sp³-hybridized carbons (Fsp3) is 0.333. The van der Waals surface area contributed by atoms with E-state index in [9.17, 15) is 0 Å². The van der Waals surface area contributed by atoms with Crippen LogP contribution in [0.4, 0.5) is 0 Å². The fourth-order valence-corrected chi connectivity index (χ4v) is 2.68. The van der Waals surface area contributed by atoms with E-state index in [4.69, 9.17) is 0 Å². The van der Waals surface area contributed by atoms with Crippen LogP contribution in [0, 0.1) is 0 Å². The van der Waals surface area contributed by atoms with Gasteiger partial charge in [0.05, 0.1) is 0 Å². The van der Waals surface area contributed by atoms with E-state index in [1.807, 2.05) is 0 Å². The average molecular weight is 349 g/mol. The third-order valence-electron chi connectivity index (χ3n) is 4.48. The van der Waals surface area contributed by atoms with Crippen molar-refractivity contribution in [2.24, 2.45) is 0 Å². The Balaban J connectivity index is 1.92. The molecule has 0 bridgehead atoms. The molecule has 0 spiro atoms. The molecule has 2 heteroatoms. The van der Waals surface area contributed by atoms with Crippen molar-refractivity contribution in [1.82, 2.24) is 9.80 Å². The minimum absolute atomic E-state index is 1.04. The molecule has 0 radical (unpaired) electrons. The van der Waals surface area contributed by atoms with Crippen molar-refractivity contribution in [2.75, 3.05) is 41.3 Å². The van der Waals surface area contributed by atoms with E-state index in [-0.39, 0.29) is 0 Å². The van der Waals surface area contributed by atoms with Crippen LogP contribution in [0.3, 0.4) is 0 Å². The van der Waals surface area contributed by atoms with Crippen molar-refractivity contribution in [2.45, 2.75) is 12.8 Å². The summed E-state index contributed by atoms with van der Waals surface area (Å²) in [5.41, 5.74) is 6.18. The highest BCUT2D eigenvalue weighted by atomic mass is 15.0. The molecule has 0 atom stereocenters. The number of rotatable bonds is 9. The quantitative estimate of drug-likeness (QED) is 0.610. The number of allylic oxidation sites excluding steroid dienone is 2. The lowest BCUT2D eigenvalue weighted by Crippen LogP contribution is -2.14. The molecule has 0 saturated heterocycles. The van der Waals surface area contributed by atoms with Crippen molar-refractivity contribution in [3.05, 3.63) is 83.4 Å². The molecular weight excluding hydrogens is 316 g/mol. The van der Waals surface area contributed by atoms with Gasteiger partial charge in [0, 0.05) is 13.1 Å². The van der Waals surface area contributed by atoms with E-state index in [0.29, 0.717) is 0 Å². The molecule has 2 aromatic rings. The van der Waals surface area contributed by atoms with Gasteiger partial charge in [-0.2, -0.15) is 0 Å². The van der Waals surface area contributed by atoms with Gasteiger partial charge in [-0.15, -0.1) is 0 Å². The average Bonchev–Trinajstić information content (AvgIpc) is 2.64. The molecule has 0 unspecified atom stereocenters. The summed E-state index contributed by atoms with van der Waals surface area (Å²) in [4.78, 5) is 4.42. The summed E-state index contributed by atoms with van der Waals surface area (Å²) in [6.45, 7) is 6.36. The summed E-state index contributed by atoms with van der Waals surface area (Å²) >= 11 is 0. The molecule has 0 saturated carbocycles. The topological polar surface area (TPSA) is 6.48 Å². The Morgan fingerprint density at radius 3 is 1.69 bits per heavy atom. The minimum Gasteiger partial charge on any atom is -0.309 e. The van der Waals surface area contributed by atoms with Gasteiger partial charge in [0.1, 0.15) is 0 Å². The monoisotopic (exact) mass is 348 g/mol. The third kappa shape index (κ3) is 6.99. The molecule has 0 aliphatic heterocycles. The molecule has 0 heterocycles. The highest BCUT2D eigenvalue weighted by Crippen LogP contribution is 2.17. The van der Waals surface area contributed by atoms with Crippen LogP contribution in [0.5, 0.6) is 0 Å². The Morgan fingerprint density at radius 1 is 0.769 bits per heavy atom. The van der Waals surface area contributed by atoms with E-state index in [1.54, 1.807) is 0 Å². The molecule has 138 valence electrons. The Bertz CT molecular complexity index is 707. The summed E-state index contributed by atoms with van der Waals surface area (Å²) in [5.74, 6) is 0. The first-order chi connectivity index (χ1) is 12.4. The molecule has 2 aromatic carbocycles. The molecule has 0 aliphatic carbocycles. The van der Waals surface area contributed by atoms with Crippen LogP contribution in [0.25, 0.3) is 11.6 Å². The number of nitrogens with zero attached hydrogens (tertiary/aromatic N) is 2. The minimum atomic E-state index is 1.04. The zero-order valence-corrected chi connectivity index (χ0v) is 16.7. The van der Waals surface area contributed by atoms with Crippen LogP contribution in [0.15, 0.2) is 61.2 Å². The van der Waals surface area contributed by atoms with Gasteiger partial charge in [0.25, 0.3) is 0 Å². The second kappa shape index (κ2) is 10.1. The molecule has 0 aliphatic rings. The predicted octanol–water partition coefficient (Wildman–Crippen LogP) is 4.62. The number of benzene rings is 2. The maximum Gasteiger partial charge on any atom is 0.00157 e. The lowest BCUT2D eigenvalue weighted by Gasteiger charge is -2.10. The Kier molecular flexibility index (Phi) is 7.83. The highest BCUT2D eigenvalue weighted by molar-refractivity contribution is 5.77. The second-order valence-corrected chi connectivity index (χ2v) is 7.40. The largest absolute Gasteiger partial charge is 0.309 e. The zero-order chi connectivity index (χ0) is 18.9. The first-order valence-electron chi connectivity index (χ1n) is 9.29. The van der Waals surface area contributed by atoms with Gasteiger partial charge in [-0.1, -0.05) is 67.3 Å². The van der Waals surface area contributed by atoms with Gasteiger partial charge in [0.15, 0.2) is 0 Å². The Labute approximate surface area is 159 Å². The molecular formula is C24H32N2.